The fraction of sp³-hybridized carbons (Fsp3) is 0.400. The number of aliphatic hydroxyl groups excluding tert-OH is 1. The van der Waals surface area contributed by atoms with Crippen LogP contribution in [0.15, 0.2) is 59.5 Å². The standard InChI is InChI=1S/C20H26N2O4S/c1-17-7-9-18(10-8-17)22(27(24,25)20-5-3-2-4-6-20)16-19(23)15-21-11-13-26-14-12-21/h2-10,19,23H,11-16H2,1H3/p+1. The van der Waals surface area contributed by atoms with Crippen LogP contribution in [0.5, 0.6) is 0 Å². The first-order chi connectivity index (χ1) is 13.0. The Bertz CT molecular complexity index is 819. The van der Waals surface area contributed by atoms with Gasteiger partial charge in [0.1, 0.15) is 25.7 Å². The highest BCUT2D eigenvalue weighted by atomic mass is 32.2. The zero-order valence-electron chi connectivity index (χ0n) is 15.5. The summed E-state index contributed by atoms with van der Waals surface area (Å²) < 4.78 is 33.1. The maximum Gasteiger partial charge on any atom is 0.264 e. The Balaban J connectivity index is 1.84. The van der Waals surface area contributed by atoms with Gasteiger partial charge in [0.05, 0.1) is 30.3 Å². The number of morpholine rings is 1. The number of ether oxygens (including phenoxy) is 1. The van der Waals surface area contributed by atoms with Crippen molar-refractivity contribution in [3.63, 3.8) is 0 Å². The van der Waals surface area contributed by atoms with Crippen LogP contribution in [-0.4, -0.2) is 59.0 Å². The first-order valence-corrected chi connectivity index (χ1v) is 10.6. The van der Waals surface area contributed by atoms with Gasteiger partial charge < -0.3 is 14.7 Å². The van der Waals surface area contributed by atoms with Gasteiger partial charge in [-0.2, -0.15) is 0 Å². The van der Waals surface area contributed by atoms with Crippen LogP contribution in [0.2, 0.25) is 0 Å². The smallest absolute Gasteiger partial charge is 0.264 e. The van der Waals surface area contributed by atoms with Gasteiger partial charge in [-0.3, -0.25) is 4.31 Å². The molecule has 1 unspecified atom stereocenters. The fourth-order valence-corrected chi connectivity index (χ4v) is 4.75. The van der Waals surface area contributed by atoms with Crippen LogP contribution in [0.4, 0.5) is 5.69 Å². The van der Waals surface area contributed by atoms with Crippen molar-refractivity contribution < 1.29 is 23.2 Å². The van der Waals surface area contributed by atoms with Crippen molar-refractivity contribution in [3.8, 4) is 0 Å². The topological polar surface area (TPSA) is 71.3 Å². The second-order valence-corrected chi connectivity index (χ2v) is 8.77. The van der Waals surface area contributed by atoms with Crippen molar-refractivity contribution in [2.75, 3.05) is 43.7 Å². The molecule has 2 aromatic rings. The first-order valence-electron chi connectivity index (χ1n) is 9.20. The second kappa shape index (κ2) is 8.84. The van der Waals surface area contributed by atoms with E-state index in [-0.39, 0.29) is 11.4 Å². The predicted octanol–water partition coefficient (Wildman–Crippen LogP) is 0.466. The van der Waals surface area contributed by atoms with E-state index in [0.29, 0.717) is 25.4 Å². The van der Waals surface area contributed by atoms with Crippen LogP contribution < -0.4 is 9.21 Å². The van der Waals surface area contributed by atoms with Crippen LogP contribution in [0.3, 0.4) is 0 Å². The summed E-state index contributed by atoms with van der Waals surface area (Å²) in [5.74, 6) is 0. The van der Waals surface area contributed by atoms with E-state index in [1.807, 2.05) is 19.1 Å². The van der Waals surface area contributed by atoms with Gasteiger partial charge in [0.2, 0.25) is 0 Å². The molecule has 0 radical (unpaired) electrons. The first kappa shape index (κ1) is 19.8. The molecule has 7 heteroatoms. The SMILES string of the molecule is Cc1ccc(N(CC(O)C[NH+]2CCOCC2)S(=O)(=O)c2ccccc2)cc1. The molecule has 0 amide bonds. The van der Waals surface area contributed by atoms with Crippen molar-refractivity contribution >= 4 is 15.7 Å². The number of hydrogen-bond acceptors (Lipinski definition) is 4. The lowest BCUT2D eigenvalue weighted by Crippen LogP contribution is -3.15. The van der Waals surface area contributed by atoms with Crippen molar-refractivity contribution in [2.24, 2.45) is 0 Å². The van der Waals surface area contributed by atoms with E-state index in [4.69, 9.17) is 4.74 Å². The molecule has 27 heavy (non-hydrogen) atoms. The number of hydrogen-bond donors (Lipinski definition) is 2. The van der Waals surface area contributed by atoms with Gasteiger partial charge in [0, 0.05) is 0 Å². The Morgan fingerprint density at radius 1 is 1.07 bits per heavy atom. The van der Waals surface area contributed by atoms with Crippen LogP contribution in [0, 0.1) is 6.92 Å². The molecule has 1 saturated heterocycles. The minimum atomic E-state index is -3.76. The number of quaternary nitrogens is 1. The van der Waals surface area contributed by atoms with Crippen molar-refractivity contribution in [1.29, 1.82) is 0 Å². The van der Waals surface area contributed by atoms with Crippen molar-refractivity contribution in [3.05, 3.63) is 60.2 Å². The van der Waals surface area contributed by atoms with Gasteiger partial charge in [-0.15, -0.1) is 0 Å². The zero-order valence-corrected chi connectivity index (χ0v) is 16.4. The normalized spacial score (nSPS) is 16.8. The van der Waals surface area contributed by atoms with E-state index in [1.165, 1.54) is 9.21 Å². The van der Waals surface area contributed by atoms with Gasteiger partial charge in [-0.25, -0.2) is 8.42 Å². The van der Waals surface area contributed by atoms with E-state index in [1.54, 1.807) is 42.5 Å². The van der Waals surface area contributed by atoms with Crippen LogP contribution >= 0.6 is 0 Å². The molecule has 0 aromatic heterocycles. The summed E-state index contributed by atoms with van der Waals surface area (Å²) in [4.78, 5) is 1.45. The Labute approximate surface area is 161 Å². The monoisotopic (exact) mass is 391 g/mol. The molecular weight excluding hydrogens is 364 g/mol. The van der Waals surface area contributed by atoms with E-state index < -0.39 is 16.1 Å². The third kappa shape index (κ3) is 5.07. The number of nitrogens with one attached hydrogen (secondary N) is 1. The predicted molar refractivity (Wildman–Crippen MR) is 105 cm³/mol. The second-order valence-electron chi connectivity index (χ2n) is 6.91. The van der Waals surface area contributed by atoms with E-state index in [2.05, 4.69) is 0 Å². The van der Waals surface area contributed by atoms with Gasteiger partial charge in [-0.05, 0) is 31.2 Å². The molecule has 0 bridgehead atoms. The highest BCUT2D eigenvalue weighted by molar-refractivity contribution is 7.92. The van der Waals surface area contributed by atoms with E-state index >= 15 is 0 Å². The fourth-order valence-electron chi connectivity index (χ4n) is 3.23. The quantitative estimate of drug-likeness (QED) is 0.720. The van der Waals surface area contributed by atoms with E-state index in [0.717, 1.165) is 18.7 Å². The number of anilines is 1. The van der Waals surface area contributed by atoms with Gasteiger partial charge in [0.25, 0.3) is 10.0 Å². The number of nitrogens with zero attached hydrogens (tertiary/aromatic N) is 1. The van der Waals surface area contributed by atoms with Crippen LogP contribution in [0.25, 0.3) is 0 Å². The van der Waals surface area contributed by atoms with E-state index in [9.17, 15) is 13.5 Å². The lowest BCUT2D eigenvalue weighted by atomic mass is 10.2. The molecule has 1 heterocycles. The Morgan fingerprint density at radius 2 is 1.70 bits per heavy atom. The maximum atomic E-state index is 13.2. The molecule has 1 aliphatic rings. The molecule has 0 aliphatic carbocycles. The Hall–Kier alpha value is -1.93. The third-order valence-corrected chi connectivity index (χ3v) is 6.56. The summed E-state index contributed by atoms with van der Waals surface area (Å²) in [6.07, 6.45) is -0.766. The molecule has 1 aliphatic heterocycles. The summed E-state index contributed by atoms with van der Waals surface area (Å²) in [5, 5.41) is 10.6. The molecular formula is C20H27N2O4S+. The Kier molecular flexibility index (Phi) is 6.49. The van der Waals surface area contributed by atoms with Gasteiger partial charge >= 0.3 is 0 Å². The summed E-state index contributed by atoms with van der Waals surface area (Å²) in [7, 11) is -3.76. The average molecular weight is 392 g/mol. The van der Waals surface area contributed by atoms with Gasteiger partial charge in [-0.1, -0.05) is 35.9 Å². The molecule has 0 saturated carbocycles. The zero-order chi connectivity index (χ0) is 19.3. The Morgan fingerprint density at radius 3 is 2.33 bits per heavy atom. The summed E-state index contributed by atoms with van der Waals surface area (Å²) in [5.41, 5.74) is 1.61. The number of benzene rings is 2. The molecule has 1 atom stereocenters. The molecule has 2 aromatic carbocycles. The van der Waals surface area contributed by atoms with Crippen molar-refractivity contribution in [1.82, 2.24) is 0 Å². The third-order valence-electron chi connectivity index (χ3n) is 4.75. The largest absolute Gasteiger partial charge is 0.385 e. The van der Waals surface area contributed by atoms with Crippen molar-refractivity contribution in [2.45, 2.75) is 17.9 Å². The minimum absolute atomic E-state index is 0.0185. The molecule has 2 N–H and O–H groups in total. The lowest BCUT2D eigenvalue weighted by Gasteiger charge is -2.30. The average Bonchev–Trinajstić information content (AvgIpc) is 2.68. The summed E-state index contributed by atoms with van der Waals surface area (Å²) in [6, 6.07) is 15.7. The summed E-state index contributed by atoms with van der Waals surface area (Å²) in [6.45, 7) is 5.47. The number of aryl methyl sites for hydroxylation is 1. The highest BCUT2D eigenvalue weighted by Crippen LogP contribution is 2.24. The number of rotatable bonds is 7. The molecule has 3 rings (SSSR count). The molecule has 0 spiro atoms. The lowest BCUT2D eigenvalue weighted by molar-refractivity contribution is -0.910. The highest BCUT2D eigenvalue weighted by Gasteiger charge is 2.29. The van der Waals surface area contributed by atoms with Gasteiger partial charge in [0.15, 0.2) is 0 Å². The summed E-state index contributed by atoms with van der Waals surface area (Å²) >= 11 is 0. The maximum absolute atomic E-state index is 13.2. The van der Waals surface area contributed by atoms with Crippen LogP contribution in [-0.2, 0) is 14.8 Å². The molecule has 146 valence electrons. The molecule has 6 nitrogen and oxygen atoms in total. The molecule has 1 fully saturated rings. The minimum Gasteiger partial charge on any atom is -0.385 e. The van der Waals surface area contributed by atoms with Crippen LogP contribution in [0.1, 0.15) is 5.56 Å². The number of aliphatic hydroxyl groups is 1. The number of sulfonamides is 1.